The molecule has 0 radical (unpaired) electrons. The first kappa shape index (κ1) is 20.6. The normalized spacial score (nSPS) is 14.8. The fraction of sp³-hybridized carbons (Fsp3) is 0.929. The molecule has 2 N–H and O–H groups in total. The Morgan fingerprint density at radius 1 is 1.24 bits per heavy atom. The van der Waals surface area contributed by atoms with E-state index in [1.807, 2.05) is 13.8 Å². The monoisotopic (exact) mass is 329 g/mol. The van der Waals surface area contributed by atoms with Gasteiger partial charge >= 0.3 is 12.1 Å². The molecular weight excluding hydrogens is 303 g/mol. The summed E-state index contributed by atoms with van der Waals surface area (Å²) < 4.78 is 41.1. The van der Waals surface area contributed by atoms with Crippen LogP contribution in [-0.2, 0) is 9.53 Å². The third-order valence-corrected chi connectivity index (χ3v) is 4.08. The van der Waals surface area contributed by atoms with E-state index in [0.717, 1.165) is 19.3 Å². The first-order chi connectivity index (χ1) is 9.80. The Morgan fingerprint density at radius 2 is 1.90 bits per heavy atom. The predicted octanol–water partition coefficient (Wildman–Crippen LogP) is 3.90. The molecule has 0 aromatic rings. The number of carbonyl (C=O) groups is 1. The van der Waals surface area contributed by atoms with Gasteiger partial charge in [-0.25, -0.2) is 0 Å². The summed E-state index contributed by atoms with van der Waals surface area (Å²) in [5.41, 5.74) is 5.73. The van der Waals surface area contributed by atoms with E-state index in [0.29, 0.717) is 17.9 Å². The number of nitrogens with two attached hydrogens (primary N) is 1. The Bertz CT molecular complexity index is 288. The summed E-state index contributed by atoms with van der Waals surface area (Å²) in [6.07, 6.45) is -1.89. The molecule has 0 saturated heterocycles. The van der Waals surface area contributed by atoms with Crippen molar-refractivity contribution in [3.8, 4) is 0 Å². The lowest BCUT2D eigenvalue weighted by Gasteiger charge is -2.18. The molecule has 0 spiro atoms. The van der Waals surface area contributed by atoms with E-state index >= 15 is 0 Å². The number of hydrogen-bond acceptors (Lipinski definition) is 4. The maximum atomic E-state index is 11.9. The number of esters is 1. The standard InChI is InChI=1S/C14H26F3NO2S/c1-3-6-11(4-2)20-13(19)12(18)7-10-21-9-5-8-14(15,16)17/h11-12H,3-10,18H2,1-2H3. The highest BCUT2D eigenvalue weighted by atomic mass is 32.2. The average Bonchev–Trinajstić information content (AvgIpc) is 2.40. The van der Waals surface area contributed by atoms with Crippen molar-refractivity contribution in [1.82, 2.24) is 0 Å². The number of ether oxygens (including phenoxy) is 1. The van der Waals surface area contributed by atoms with E-state index in [-0.39, 0.29) is 12.5 Å². The van der Waals surface area contributed by atoms with E-state index in [4.69, 9.17) is 10.5 Å². The summed E-state index contributed by atoms with van der Waals surface area (Å²) in [6, 6.07) is -0.689. The van der Waals surface area contributed by atoms with Crippen molar-refractivity contribution in [3.63, 3.8) is 0 Å². The predicted molar refractivity (Wildman–Crippen MR) is 80.3 cm³/mol. The molecule has 0 fully saturated rings. The molecule has 0 aliphatic carbocycles. The first-order valence-corrected chi connectivity index (χ1v) is 8.56. The fourth-order valence-electron chi connectivity index (χ4n) is 1.72. The van der Waals surface area contributed by atoms with E-state index in [1.165, 1.54) is 11.8 Å². The summed E-state index contributed by atoms with van der Waals surface area (Å²) >= 11 is 1.39. The van der Waals surface area contributed by atoms with Gasteiger partial charge in [-0.05, 0) is 37.2 Å². The van der Waals surface area contributed by atoms with E-state index in [2.05, 4.69) is 0 Å². The van der Waals surface area contributed by atoms with Crippen LogP contribution in [0.25, 0.3) is 0 Å². The van der Waals surface area contributed by atoms with E-state index in [9.17, 15) is 18.0 Å². The van der Waals surface area contributed by atoms with Crippen LogP contribution >= 0.6 is 11.8 Å². The number of carbonyl (C=O) groups excluding carboxylic acids is 1. The lowest BCUT2D eigenvalue weighted by atomic mass is 10.1. The van der Waals surface area contributed by atoms with Gasteiger partial charge < -0.3 is 10.5 Å². The molecule has 2 atom stereocenters. The largest absolute Gasteiger partial charge is 0.461 e. The van der Waals surface area contributed by atoms with Gasteiger partial charge in [-0.2, -0.15) is 24.9 Å². The molecule has 0 aliphatic heterocycles. The smallest absolute Gasteiger partial charge is 0.389 e. The Balaban J connectivity index is 3.73. The molecule has 126 valence electrons. The van der Waals surface area contributed by atoms with Crippen molar-refractivity contribution in [3.05, 3.63) is 0 Å². The highest BCUT2D eigenvalue weighted by Crippen LogP contribution is 2.22. The minimum Gasteiger partial charge on any atom is -0.461 e. The maximum Gasteiger partial charge on any atom is 0.389 e. The quantitative estimate of drug-likeness (QED) is 0.461. The van der Waals surface area contributed by atoms with Crippen molar-refractivity contribution >= 4 is 17.7 Å². The van der Waals surface area contributed by atoms with Crippen molar-refractivity contribution in [2.24, 2.45) is 5.73 Å². The lowest BCUT2D eigenvalue weighted by molar-refractivity contribution is -0.151. The number of hydrogen-bond donors (Lipinski definition) is 1. The molecule has 0 heterocycles. The van der Waals surface area contributed by atoms with Gasteiger partial charge in [-0.1, -0.05) is 20.3 Å². The molecule has 3 nitrogen and oxygen atoms in total. The average molecular weight is 329 g/mol. The molecule has 0 saturated carbocycles. The molecule has 21 heavy (non-hydrogen) atoms. The lowest BCUT2D eigenvalue weighted by Crippen LogP contribution is -2.35. The molecule has 0 aromatic carbocycles. The van der Waals surface area contributed by atoms with Crippen LogP contribution in [0.1, 0.15) is 52.4 Å². The summed E-state index contributed by atoms with van der Waals surface area (Å²) in [6.45, 7) is 3.98. The summed E-state index contributed by atoms with van der Waals surface area (Å²) in [7, 11) is 0. The summed E-state index contributed by atoms with van der Waals surface area (Å²) in [4.78, 5) is 11.7. The molecule has 0 aromatic heterocycles. The van der Waals surface area contributed by atoms with Gasteiger partial charge in [0.15, 0.2) is 0 Å². The molecule has 7 heteroatoms. The van der Waals surface area contributed by atoms with Crippen molar-refractivity contribution in [1.29, 1.82) is 0 Å². The highest BCUT2D eigenvalue weighted by molar-refractivity contribution is 7.99. The zero-order valence-electron chi connectivity index (χ0n) is 12.7. The number of halogens is 3. The van der Waals surface area contributed by atoms with Crippen LogP contribution < -0.4 is 5.73 Å². The zero-order valence-corrected chi connectivity index (χ0v) is 13.6. The van der Waals surface area contributed by atoms with Gasteiger partial charge in [-0.15, -0.1) is 0 Å². The molecule has 0 amide bonds. The Kier molecular flexibility index (Phi) is 11.0. The summed E-state index contributed by atoms with van der Waals surface area (Å²) in [5, 5.41) is 0. The second-order valence-electron chi connectivity index (χ2n) is 4.98. The second kappa shape index (κ2) is 11.2. The zero-order chi connectivity index (χ0) is 16.3. The number of rotatable bonds is 11. The molecule has 0 rings (SSSR count). The number of thioether (sulfide) groups is 1. The van der Waals surface area contributed by atoms with Crippen molar-refractivity contribution < 1.29 is 22.7 Å². The Hall–Kier alpha value is -0.430. The topological polar surface area (TPSA) is 52.3 Å². The van der Waals surface area contributed by atoms with Crippen LogP contribution in [0.2, 0.25) is 0 Å². The van der Waals surface area contributed by atoms with Crippen LogP contribution in [0.4, 0.5) is 13.2 Å². The second-order valence-corrected chi connectivity index (χ2v) is 6.21. The van der Waals surface area contributed by atoms with Crippen molar-refractivity contribution in [2.45, 2.75) is 70.7 Å². The first-order valence-electron chi connectivity index (χ1n) is 7.40. The Morgan fingerprint density at radius 3 is 2.43 bits per heavy atom. The van der Waals surface area contributed by atoms with Gasteiger partial charge in [0.25, 0.3) is 0 Å². The van der Waals surface area contributed by atoms with Crippen LogP contribution in [0.15, 0.2) is 0 Å². The highest BCUT2D eigenvalue weighted by Gasteiger charge is 2.26. The third kappa shape index (κ3) is 11.9. The van der Waals surface area contributed by atoms with Gasteiger partial charge in [0.1, 0.15) is 12.1 Å². The van der Waals surface area contributed by atoms with Crippen LogP contribution in [0.3, 0.4) is 0 Å². The van der Waals surface area contributed by atoms with Crippen LogP contribution in [-0.4, -0.2) is 35.8 Å². The minimum atomic E-state index is -4.09. The van der Waals surface area contributed by atoms with Crippen molar-refractivity contribution in [2.75, 3.05) is 11.5 Å². The molecule has 0 bridgehead atoms. The SMILES string of the molecule is CCCC(CC)OC(=O)C(N)CCSCCCC(F)(F)F. The maximum absolute atomic E-state index is 11.9. The minimum absolute atomic E-state index is 0.0898. The third-order valence-electron chi connectivity index (χ3n) is 2.97. The van der Waals surface area contributed by atoms with Gasteiger partial charge in [0.05, 0.1) is 0 Å². The Labute approximate surface area is 129 Å². The van der Waals surface area contributed by atoms with Gasteiger partial charge in [0, 0.05) is 6.42 Å². The van der Waals surface area contributed by atoms with Gasteiger partial charge in [-0.3, -0.25) is 4.79 Å². The van der Waals surface area contributed by atoms with Gasteiger partial charge in [0.2, 0.25) is 0 Å². The summed E-state index contributed by atoms with van der Waals surface area (Å²) in [5.74, 6) is 0.583. The van der Waals surface area contributed by atoms with Crippen LogP contribution in [0.5, 0.6) is 0 Å². The van der Waals surface area contributed by atoms with Crippen LogP contribution in [0, 0.1) is 0 Å². The fourth-order valence-corrected chi connectivity index (χ4v) is 2.70. The molecule has 0 aliphatic rings. The molecular formula is C14H26F3NO2S. The molecule has 2 unspecified atom stereocenters. The van der Waals surface area contributed by atoms with E-state index < -0.39 is 24.6 Å². The van der Waals surface area contributed by atoms with E-state index in [1.54, 1.807) is 0 Å². The number of alkyl halides is 3.